The van der Waals surface area contributed by atoms with E-state index in [2.05, 4.69) is 67.8 Å². The lowest BCUT2D eigenvalue weighted by atomic mass is 9.99. The zero-order valence-electron chi connectivity index (χ0n) is 51.2. The highest BCUT2D eigenvalue weighted by molar-refractivity contribution is 5.76. The van der Waals surface area contributed by atoms with Crippen LogP contribution < -0.4 is 5.32 Å². The van der Waals surface area contributed by atoms with Gasteiger partial charge in [0, 0.05) is 6.42 Å². The van der Waals surface area contributed by atoms with Crippen LogP contribution in [-0.4, -0.2) is 87.5 Å². The summed E-state index contributed by atoms with van der Waals surface area (Å²) in [7, 11) is 0. The van der Waals surface area contributed by atoms with Crippen LogP contribution in [0.1, 0.15) is 328 Å². The third kappa shape index (κ3) is 46.7. The highest BCUT2D eigenvalue weighted by Crippen LogP contribution is 2.24. The van der Waals surface area contributed by atoms with E-state index in [1.165, 1.54) is 231 Å². The molecule has 458 valence electrons. The summed E-state index contributed by atoms with van der Waals surface area (Å²) in [6.07, 6.45) is 71.7. The largest absolute Gasteiger partial charge is 0.394 e. The molecule has 1 saturated heterocycles. The minimum Gasteiger partial charge on any atom is -0.394 e. The second kappa shape index (κ2) is 58.4. The molecule has 0 spiro atoms. The average molecular weight is 1100 g/mol. The van der Waals surface area contributed by atoms with Crippen LogP contribution in [0.15, 0.2) is 48.6 Å². The molecule has 78 heavy (non-hydrogen) atoms. The molecule has 7 atom stereocenters. The van der Waals surface area contributed by atoms with E-state index in [1.54, 1.807) is 0 Å². The SMILES string of the molecule is CC/C=C\C/C=C\C/C=C\C/C=C\CCCCCCCCCCCCC(=O)NC(COC1OC(CO)C(O)C(O)C1O)C(O)CCCCCCCCCCCCCCCCCCCCCCCCCCCCCCCCCC. The monoisotopic (exact) mass is 1100 g/mol. The fourth-order valence-electron chi connectivity index (χ4n) is 10.9. The molecule has 7 unspecified atom stereocenters. The van der Waals surface area contributed by atoms with Crippen molar-refractivity contribution in [2.45, 2.75) is 371 Å². The Hall–Kier alpha value is -1.85. The molecule has 1 aliphatic rings. The van der Waals surface area contributed by atoms with Gasteiger partial charge in [-0.3, -0.25) is 4.79 Å². The van der Waals surface area contributed by atoms with E-state index in [4.69, 9.17) is 9.47 Å². The molecule has 0 radical (unpaired) electrons. The summed E-state index contributed by atoms with van der Waals surface area (Å²) in [5.74, 6) is -0.146. The van der Waals surface area contributed by atoms with Gasteiger partial charge in [-0.05, 0) is 51.4 Å². The first-order valence-electron chi connectivity index (χ1n) is 33.8. The van der Waals surface area contributed by atoms with Gasteiger partial charge < -0.3 is 40.3 Å². The van der Waals surface area contributed by atoms with Crippen molar-refractivity contribution >= 4 is 5.91 Å². The van der Waals surface area contributed by atoms with Crippen molar-refractivity contribution in [3.05, 3.63) is 48.6 Å². The minimum absolute atomic E-state index is 0.139. The number of ether oxygens (including phenoxy) is 2. The van der Waals surface area contributed by atoms with Crippen LogP contribution in [0, 0.1) is 0 Å². The van der Waals surface area contributed by atoms with Gasteiger partial charge in [0.05, 0.1) is 25.4 Å². The highest BCUT2D eigenvalue weighted by Gasteiger charge is 2.44. The van der Waals surface area contributed by atoms with E-state index in [1.807, 2.05) is 0 Å². The number of aliphatic hydroxyl groups excluding tert-OH is 5. The number of aliphatic hydroxyl groups is 5. The van der Waals surface area contributed by atoms with Gasteiger partial charge in [-0.25, -0.2) is 0 Å². The lowest BCUT2D eigenvalue weighted by Crippen LogP contribution is -2.60. The number of hydrogen-bond donors (Lipinski definition) is 6. The zero-order valence-corrected chi connectivity index (χ0v) is 51.2. The molecular weight excluding hydrogens is 971 g/mol. The Bertz CT molecular complexity index is 1370. The number of nitrogens with one attached hydrogen (secondary N) is 1. The van der Waals surface area contributed by atoms with Gasteiger partial charge in [0.1, 0.15) is 24.4 Å². The first-order chi connectivity index (χ1) is 38.3. The minimum atomic E-state index is -1.56. The first-order valence-corrected chi connectivity index (χ1v) is 33.8. The number of hydrogen-bond acceptors (Lipinski definition) is 8. The van der Waals surface area contributed by atoms with Crippen molar-refractivity contribution < 1.29 is 39.8 Å². The molecule has 0 saturated carbocycles. The average Bonchev–Trinajstić information content (AvgIpc) is 3.45. The number of rotatable bonds is 59. The van der Waals surface area contributed by atoms with E-state index in [0.717, 1.165) is 70.6 Å². The number of amides is 1. The van der Waals surface area contributed by atoms with Crippen LogP contribution in [0.3, 0.4) is 0 Å². The molecule has 1 aliphatic heterocycles. The van der Waals surface area contributed by atoms with E-state index in [9.17, 15) is 30.3 Å². The van der Waals surface area contributed by atoms with E-state index in [-0.39, 0.29) is 12.5 Å². The lowest BCUT2D eigenvalue weighted by Gasteiger charge is -2.40. The molecular formula is C69H129NO8. The maximum atomic E-state index is 13.1. The van der Waals surface area contributed by atoms with Gasteiger partial charge in [0.15, 0.2) is 6.29 Å². The predicted molar refractivity (Wildman–Crippen MR) is 332 cm³/mol. The molecule has 0 aromatic heterocycles. The van der Waals surface area contributed by atoms with Crippen molar-refractivity contribution in [1.29, 1.82) is 0 Å². The van der Waals surface area contributed by atoms with Gasteiger partial charge in [0.25, 0.3) is 0 Å². The van der Waals surface area contributed by atoms with E-state index < -0.39 is 49.5 Å². The molecule has 1 fully saturated rings. The second-order valence-electron chi connectivity index (χ2n) is 23.6. The fraction of sp³-hybridized carbons (Fsp3) is 0.870. The Morgan fingerprint density at radius 3 is 1.18 bits per heavy atom. The molecule has 0 aromatic carbocycles. The smallest absolute Gasteiger partial charge is 0.220 e. The molecule has 9 heteroatoms. The highest BCUT2D eigenvalue weighted by atomic mass is 16.7. The number of carbonyl (C=O) groups excluding carboxylic acids is 1. The van der Waals surface area contributed by atoms with Gasteiger partial charge in [-0.1, -0.05) is 319 Å². The van der Waals surface area contributed by atoms with Crippen molar-refractivity contribution in [1.82, 2.24) is 5.32 Å². The molecule has 1 rings (SSSR count). The maximum Gasteiger partial charge on any atom is 0.220 e. The van der Waals surface area contributed by atoms with Gasteiger partial charge in [-0.15, -0.1) is 0 Å². The Morgan fingerprint density at radius 1 is 0.449 bits per heavy atom. The normalized spacial score (nSPS) is 18.9. The maximum absolute atomic E-state index is 13.1. The third-order valence-corrected chi connectivity index (χ3v) is 16.2. The molecule has 1 heterocycles. The number of carbonyl (C=O) groups is 1. The fourth-order valence-corrected chi connectivity index (χ4v) is 10.9. The zero-order chi connectivity index (χ0) is 56.5. The number of unbranched alkanes of at least 4 members (excludes halogenated alkanes) is 41. The molecule has 9 nitrogen and oxygen atoms in total. The summed E-state index contributed by atoms with van der Waals surface area (Å²) in [4.78, 5) is 13.1. The van der Waals surface area contributed by atoms with Crippen LogP contribution in [0.4, 0.5) is 0 Å². The van der Waals surface area contributed by atoms with Gasteiger partial charge in [-0.2, -0.15) is 0 Å². The summed E-state index contributed by atoms with van der Waals surface area (Å²) in [6, 6.07) is -0.725. The molecule has 1 amide bonds. The molecule has 0 bridgehead atoms. The van der Waals surface area contributed by atoms with E-state index >= 15 is 0 Å². The summed E-state index contributed by atoms with van der Waals surface area (Å²) >= 11 is 0. The summed E-state index contributed by atoms with van der Waals surface area (Å²) in [6.45, 7) is 3.77. The van der Waals surface area contributed by atoms with Gasteiger partial charge >= 0.3 is 0 Å². The Kier molecular flexibility index (Phi) is 55.5. The number of allylic oxidation sites excluding steroid dienone is 8. The summed E-state index contributed by atoms with van der Waals surface area (Å²) in [5.41, 5.74) is 0. The second-order valence-corrected chi connectivity index (χ2v) is 23.6. The first kappa shape index (κ1) is 74.2. The van der Waals surface area contributed by atoms with Crippen LogP contribution in [-0.2, 0) is 14.3 Å². The Labute approximate surface area is 482 Å². The van der Waals surface area contributed by atoms with Crippen LogP contribution in [0.5, 0.6) is 0 Å². The molecule has 0 aromatic rings. The van der Waals surface area contributed by atoms with Crippen molar-refractivity contribution in [2.75, 3.05) is 13.2 Å². The van der Waals surface area contributed by atoms with E-state index in [0.29, 0.717) is 12.8 Å². The quantitative estimate of drug-likeness (QED) is 0.0261. The summed E-state index contributed by atoms with van der Waals surface area (Å²) < 4.78 is 11.4. The third-order valence-electron chi connectivity index (χ3n) is 16.2. The molecule has 0 aliphatic carbocycles. The summed E-state index contributed by atoms with van der Waals surface area (Å²) in [5, 5.41) is 54.9. The van der Waals surface area contributed by atoms with Crippen molar-refractivity contribution in [3.63, 3.8) is 0 Å². The van der Waals surface area contributed by atoms with Gasteiger partial charge in [0.2, 0.25) is 5.91 Å². The predicted octanol–water partition coefficient (Wildman–Crippen LogP) is 18.0. The lowest BCUT2D eigenvalue weighted by molar-refractivity contribution is -0.302. The Balaban J connectivity index is 2.12. The molecule has 6 N–H and O–H groups in total. The van der Waals surface area contributed by atoms with Crippen LogP contribution >= 0.6 is 0 Å². The standard InChI is InChI=1S/C69H129NO8/c1-3-5-7-9-11-13-15-17-19-21-23-25-27-28-29-30-31-32-33-34-35-37-38-40-42-44-46-48-50-52-54-56-58-63(72)62(61-77-69-68(76)67(75)66(74)64(60-71)78-69)70-65(73)59-57-55-53-51-49-47-45-43-41-39-36-26-24-22-20-18-16-14-12-10-8-6-4-2/h6,8,12,14,18,20,24,26,62-64,66-69,71-72,74-76H,3-5,7,9-11,13,15-17,19,21-23,25,27-61H2,1-2H3,(H,70,73)/b8-6-,14-12-,20-18-,26-24-. The van der Waals surface area contributed by atoms with Crippen molar-refractivity contribution in [3.8, 4) is 0 Å². The Morgan fingerprint density at radius 2 is 0.795 bits per heavy atom. The topological polar surface area (TPSA) is 149 Å². The van der Waals surface area contributed by atoms with Crippen LogP contribution in [0.2, 0.25) is 0 Å². The van der Waals surface area contributed by atoms with Crippen LogP contribution in [0.25, 0.3) is 0 Å². The van der Waals surface area contributed by atoms with Crippen molar-refractivity contribution in [2.24, 2.45) is 0 Å².